The Hall–Kier alpha value is -3.87. The maximum absolute atomic E-state index is 12.5. The van der Waals surface area contributed by atoms with Gasteiger partial charge in [0.05, 0.1) is 12.0 Å². The fraction of sp³-hybridized carbons (Fsp3) is 0.208. The van der Waals surface area contributed by atoms with Gasteiger partial charge in [-0.15, -0.1) is 0 Å². The Morgan fingerprint density at radius 2 is 1.68 bits per heavy atom. The third kappa shape index (κ3) is 5.60. The Balaban J connectivity index is 1.76. The lowest BCUT2D eigenvalue weighted by molar-refractivity contribution is -0.116. The number of hydrogen-bond donors (Lipinski definition) is 2. The molecule has 0 bridgehead atoms. The molecule has 0 saturated heterocycles. The molecule has 1 aromatic heterocycles. The van der Waals surface area contributed by atoms with Crippen molar-refractivity contribution in [2.45, 2.75) is 27.2 Å². The maximum atomic E-state index is 12.5. The first kappa shape index (κ1) is 21.8. The minimum absolute atomic E-state index is 0.120. The molecule has 160 valence electrons. The van der Waals surface area contributed by atoms with Crippen molar-refractivity contribution >= 4 is 34.2 Å². The van der Waals surface area contributed by atoms with Gasteiger partial charge in [-0.2, -0.15) is 0 Å². The molecule has 0 unspecified atom stereocenters. The number of fused-ring (bicyclic) bond motifs is 1. The van der Waals surface area contributed by atoms with Crippen LogP contribution in [0.4, 0.5) is 11.4 Å². The van der Waals surface area contributed by atoms with Gasteiger partial charge in [-0.1, -0.05) is 6.58 Å². The zero-order chi connectivity index (χ0) is 22.5. The lowest BCUT2D eigenvalue weighted by Gasteiger charge is -2.11. The Labute approximate surface area is 179 Å². The van der Waals surface area contributed by atoms with Crippen LogP contribution >= 0.6 is 0 Å². The largest absolute Gasteiger partial charge is 0.489 e. The molecule has 7 nitrogen and oxygen atoms in total. The summed E-state index contributed by atoms with van der Waals surface area (Å²) in [7, 11) is 0. The van der Waals surface area contributed by atoms with E-state index in [1.807, 2.05) is 13.0 Å². The van der Waals surface area contributed by atoms with Crippen LogP contribution in [0.25, 0.3) is 11.0 Å². The van der Waals surface area contributed by atoms with Crippen LogP contribution in [-0.2, 0) is 16.0 Å². The monoisotopic (exact) mass is 420 g/mol. The summed E-state index contributed by atoms with van der Waals surface area (Å²) in [5.41, 5.74) is 2.90. The molecule has 2 amide bonds. The lowest BCUT2D eigenvalue weighted by Crippen LogP contribution is -2.20. The normalized spacial score (nSPS) is 10.5. The second-order valence-electron chi connectivity index (χ2n) is 7.38. The fourth-order valence-electron chi connectivity index (χ4n) is 3.08. The zero-order valence-electron chi connectivity index (χ0n) is 17.7. The molecule has 1 heterocycles. The Morgan fingerprint density at radius 3 is 2.29 bits per heavy atom. The van der Waals surface area contributed by atoms with Crippen LogP contribution in [0.2, 0.25) is 0 Å². The van der Waals surface area contributed by atoms with E-state index in [1.165, 1.54) is 6.92 Å². The van der Waals surface area contributed by atoms with E-state index in [4.69, 9.17) is 9.15 Å². The quantitative estimate of drug-likeness (QED) is 0.441. The molecular formula is C24H24N2O5. The van der Waals surface area contributed by atoms with E-state index in [-0.39, 0.29) is 18.2 Å². The SMILES string of the molecule is C=C(C)COc1ccc2c(C)c(CC(=O)Nc3ccc(NC(C)=O)cc3)c(=O)oc2c1. The molecule has 0 spiro atoms. The third-order valence-electron chi connectivity index (χ3n) is 4.57. The van der Waals surface area contributed by atoms with E-state index in [2.05, 4.69) is 17.2 Å². The summed E-state index contributed by atoms with van der Waals surface area (Å²) >= 11 is 0. The minimum Gasteiger partial charge on any atom is -0.489 e. The molecule has 0 aliphatic heterocycles. The van der Waals surface area contributed by atoms with Crippen molar-refractivity contribution in [2.24, 2.45) is 0 Å². The van der Waals surface area contributed by atoms with Gasteiger partial charge in [-0.25, -0.2) is 4.79 Å². The summed E-state index contributed by atoms with van der Waals surface area (Å²) in [5, 5.41) is 6.15. The number of benzene rings is 2. The molecule has 0 atom stereocenters. The van der Waals surface area contributed by atoms with Gasteiger partial charge in [-0.3, -0.25) is 9.59 Å². The van der Waals surface area contributed by atoms with E-state index in [0.29, 0.717) is 40.4 Å². The first-order chi connectivity index (χ1) is 14.7. The average Bonchev–Trinajstić information content (AvgIpc) is 2.70. The van der Waals surface area contributed by atoms with Gasteiger partial charge in [0.15, 0.2) is 0 Å². The van der Waals surface area contributed by atoms with Crippen molar-refractivity contribution in [3.63, 3.8) is 0 Å². The third-order valence-corrected chi connectivity index (χ3v) is 4.57. The molecule has 0 aliphatic rings. The molecule has 0 fully saturated rings. The molecule has 31 heavy (non-hydrogen) atoms. The lowest BCUT2D eigenvalue weighted by atomic mass is 10.0. The van der Waals surface area contributed by atoms with E-state index in [1.54, 1.807) is 43.3 Å². The molecule has 0 radical (unpaired) electrons. The summed E-state index contributed by atoms with van der Waals surface area (Å²) in [4.78, 5) is 36.1. The summed E-state index contributed by atoms with van der Waals surface area (Å²) in [6.45, 7) is 9.24. The highest BCUT2D eigenvalue weighted by Crippen LogP contribution is 2.25. The second-order valence-corrected chi connectivity index (χ2v) is 7.38. The van der Waals surface area contributed by atoms with Gasteiger partial charge in [0.25, 0.3) is 0 Å². The number of ether oxygens (including phenoxy) is 1. The predicted octanol–water partition coefficient (Wildman–Crippen LogP) is 4.20. The van der Waals surface area contributed by atoms with Crippen molar-refractivity contribution in [3.05, 3.63) is 76.2 Å². The topological polar surface area (TPSA) is 97.6 Å². The van der Waals surface area contributed by atoms with Crippen LogP contribution in [-0.4, -0.2) is 18.4 Å². The number of anilines is 2. The number of hydrogen-bond acceptors (Lipinski definition) is 5. The van der Waals surface area contributed by atoms with Crippen molar-refractivity contribution in [2.75, 3.05) is 17.2 Å². The number of carbonyl (C=O) groups is 2. The van der Waals surface area contributed by atoms with Crippen LogP contribution in [0, 0.1) is 6.92 Å². The second kappa shape index (κ2) is 9.30. The predicted molar refractivity (Wildman–Crippen MR) is 121 cm³/mol. The van der Waals surface area contributed by atoms with Crippen molar-refractivity contribution < 1.29 is 18.7 Å². The number of carbonyl (C=O) groups excluding carboxylic acids is 2. The van der Waals surface area contributed by atoms with E-state index < -0.39 is 5.63 Å². The Bertz CT molecular complexity index is 1210. The zero-order valence-corrected chi connectivity index (χ0v) is 17.7. The van der Waals surface area contributed by atoms with Crippen LogP contribution in [0.1, 0.15) is 25.0 Å². The average molecular weight is 420 g/mol. The fourth-order valence-corrected chi connectivity index (χ4v) is 3.08. The first-order valence-electron chi connectivity index (χ1n) is 9.74. The first-order valence-corrected chi connectivity index (χ1v) is 9.74. The van der Waals surface area contributed by atoms with Gasteiger partial charge < -0.3 is 19.8 Å². The van der Waals surface area contributed by atoms with Crippen molar-refractivity contribution in [1.29, 1.82) is 0 Å². The van der Waals surface area contributed by atoms with Crippen LogP contribution < -0.4 is 21.0 Å². The molecule has 0 saturated carbocycles. The highest BCUT2D eigenvalue weighted by molar-refractivity contribution is 5.94. The summed E-state index contributed by atoms with van der Waals surface area (Å²) < 4.78 is 11.0. The number of nitrogens with one attached hydrogen (secondary N) is 2. The van der Waals surface area contributed by atoms with Gasteiger partial charge in [0.1, 0.15) is 17.9 Å². The molecular weight excluding hydrogens is 396 g/mol. The standard InChI is InChI=1S/C24H24N2O5/c1-14(2)13-30-19-9-10-20-15(3)21(24(29)31-22(20)11-19)12-23(28)26-18-7-5-17(6-8-18)25-16(4)27/h5-11H,1,12-13H2,2-4H3,(H,25,27)(H,26,28). The van der Waals surface area contributed by atoms with Gasteiger partial charge in [-0.05, 0) is 61.4 Å². The Morgan fingerprint density at radius 1 is 1.03 bits per heavy atom. The summed E-state index contributed by atoms with van der Waals surface area (Å²) in [6.07, 6.45) is -0.120. The number of amides is 2. The maximum Gasteiger partial charge on any atom is 0.340 e. The highest BCUT2D eigenvalue weighted by Gasteiger charge is 2.16. The Kier molecular flexibility index (Phi) is 6.55. The molecule has 2 N–H and O–H groups in total. The number of aryl methyl sites for hydroxylation is 1. The van der Waals surface area contributed by atoms with Gasteiger partial charge in [0, 0.05) is 29.8 Å². The molecule has 3 aromatic rings. The van der Waals surface area contributed by atoms with Gasteiger partial charge in [0.2, 0.25) is 11.8 Å². The number of rotatable bonds is 7. The van der Waals surface area contributed by atoms with Crippen molar-refractivity contribution in [3.8, 4) is 5.75 Å². The summed E-state index contributed by atoms with van der Waals surface area (Å²) in [5.74, 6) is 0.0551. The smallest absolute Gasteiger partial charge is 0.340 e. The minimum atomic E-state index is -0.557. The molecule has 2 aromatic carbocycles. The van der Waals surface area contributed by atoms with Crippen LogP contribution in [0.15, 0.2) is 63.8 Å². The van der Waals surface area contributed by atoms with E-state index in [0.717, 1.165) is 11.0 Å². The summed E-state index contributed by atoms with van der Waals surface area (Å²) in [6, 6.07) is 12.0. The molecule has 3 rings (SSSR count). The van der Waals surface area contributed by atoms with Crippen LogP contribution in [0.5, 0.6) is 5.75 Å². The van der Waals surface area contributed by atoms with Crippen molar-refractivity contribution in [1.82, 2.24) is 0 Å². The molecule has 7 heteroatoms. The van der Waals surface area contributed by atoms with E-state index >= 15 is 0 Å². The van der Waals surface area contributed by atoms with Gasteiger partial charge >= 0.3 is 5.63 Å². The molecule has 0 aliphatic carbocycles. The highest BCUT2D eigenvalue weighted by atomic mass is 16.5. The van der Waals surface area contributed by atoms with Crippen LogP contribution in [0.3, 0.4) is 0 Å². The van der Waals surface area contributed by atoms with E-state index in [9.17, 15) is 14.4 Å².